The van der Waals surface area contributed by atoms with Crippen molar-refractivity contribution in [1.82, 2.24) is 10.2 Å². The largest absolute Gasteiger partial charge is 0.307 e. The molecule has 112 valence electrons. The van der Waals surface area contributed by atoms with E-state index in [4.69, 9.17) is 0 Å². The Labute approximate surface area is 124 Å². The maximum atomic E-state index is 3.93. The topological polar surface area (TPSA) is 15.3 Å². The van der Waals surface area contributed by atoms with E-state index >= 15 is 0 Å². The molecule has 1 aliphatic heterocycles. The Bertz CT molecular complexity index is 376. The van der Waals surface area contributed by atoms with E-state index < -0.39 is 0 Å². The second-order valence-corrected chi connectivity index (χ2v) is 6.32. The predicted molar refractivity (Wildman–Crippen MR) is 87.0 cm³/mol. The highest BCUT2D eigenvalue weighted by atomic mass is 15.1. The van der Waals surface area contributed by atoms with Crippen molar-refractivity contribution >= 4 is 0 Å². The second kappa shape index (κ2) is 7.80. The summed E-state index contributed by atoms with van der Waals surface area (Å²) in [5, 5.41) is 3.93. The first-order valence-corrected chi connectivity index (χ1v) is 8.22. The fraction of sp³-hybridized carbons (Fsp3) is 0.667. The standard InChI is InChI=1S/C18H30N2/c1-4-5-11-18(16-9-7-6-8-10-16)19-17-12-13-20(3)15(2)14-17/h6-10,15,17-19H,4-5,11-14H2,1-3H3. The molecular weight excluding hydrogens is 244 g/mol. The molecule has 0 spiro atoms. The van der Waals surface area contributed by atoms with Gasteiger partial charge in [-0.25, -0.2) is 0 Å². The number of rotatable bonds is 6. The third-order valence-electron chi connectivity index (χ3n) is 4.69. The van der Waals surface area contributed by atoms with Crippen LogP contribution in [0.5, 0.6) is 0 Å². The van der Waals surface area contributed by atoms with Crippen LogP contribution in [0, 0.1) is 0 Å². The molecule has 1 fully saturated rings. The van der Waals surface area contributed by atoms with E-state index in [0.29, 0.717) is 18.1 Å². The molecule has 3 unspecified atom stereocenters. The molecule has 0 radical (unpaired) electrons. The third kappa shape index (κ3) is 4.32. The molecule has 0 aromatic heterocycles. The Hall–Kier alpha value is -0.860. The number of benzene rings is 1. The Morgan fingerprint density at radius 1 is 1.30 bits per heavy atom. The highest BCUT2D eigenvalue weighted by molar-refractivity contribution is 5.19. The molecule has 1 heterocycles. The predicted octanol–water partition coefficient (Wildman–Crippen LogP) is 3.99. The van der Waals surface area contributed by atoms with Crippen LogP contribution in [0.15, 0.2) is 30.3 Å². The monoisotopic (exact) mass is 274 g/mol. The van der Waals surface area contributed by atoms with Gasteiger partial charge in [0.2, 0.25) is 0 Å². The lowest BCUT2D eigenvalue weighted by atomic mass is 9.95. The number of nitrogens with zero attached hydrogens (tertiary/aromatic N) is 1. The van der Waals surface area contributed by atoms with E-state index in [1.54, 1.807) is 0 Å². The summed E-state index contributed by atoms with van der Waals surface area (Å²) in [5.41, 5.74) is 1.45. The molecule has 0 aliphatic carbocycles. The zero-order valence-electron chi connectivity index (χ0n) is 13.3. The molecule has 0 saturated carbocycles. The highest BCUT2D eigenvalue weighted by Gasteiger charge is 2.24. The summed E-state index contributed by atoms with van der Waals surface area (Å²) in [7, 11) is 2.24. The van der Waals surface area contributed by atoms with Crippen molar-refractivity contribution in [1.29, 1.82) is 0 Å². The molecular formula is C18H30N2. The van der Waals surface area contributed by atoms with Gasteiger partial charge in [-0.3, -0.25) is 0 Å². The van der Waals surface area contributed by atoms with Crippen molar-refractivity contribution in [3.63, 3.8) is 0 Å². The van der Waals surface area contributed by atoms with Gasteiger partial charge >= 0.3 is 0 Å². The van der Waals surface area contributed by atoms with Crippen LogP contribution in [0.1, 0.15) is 57.6 Å². The second-order valence-electron chi connectivity index (χ2n) is 6.32. The van der Waals surface area contributed by atoms with Gasteiger partial charge < -0.3 is 10.2 Å². The average Bonchev–Trinajstić information content (AvgIpc) is 2.48. The zero-order valence-corrected chi connectivity index (χ0v) is 13.3. The molecule has 2 nitrogen and oxygen atoms in total. The summed E-state index contributed by atoms with van der Waals surface area (Å²) >= 11 is 0. The van der Waals surface area contributed by atoms with Gasteiger partial charge in [-0.1, -0.05) is 50.1 Å². The molecule has 2 heteroatoms. The van der Waals surface area contributed by atoms with Crippen LogP contribution in [0.2, 0.25) is 0 Å². The van der Waals surface area contributed by atoms with Gasteiger partial charge in [0.15, 0.2) is 0 Å². The zero-order chi connectivity index (χ0) is 14.4. The maximum absolute atomic E-state index is 3.93. The minimum absolute atomic E-state index is 0.525. The smallest absolute Gasteiger partial charge is 0.0322 e. The van der Waals surface area contributed by atoms with Crippen LogP contribution in [0.4, 0.5) is 0 Å². The summed E-state index contributed by atoms with van der Waals surface area (Å²) in [5.74, 6) is 0. The van der Waals surface area contributed by atoms with Gasteiger partial charge in [0.1, 0.15) is 0 Å². The quantitative estimate of drug-likeness (QED) is 0.844. The van der Waals surface area contributed by atoms with Crippen molar-refractivity contribution in [2.45, 2.75) is 64.1 Å². The van der Waals surface area contributed by atoms with Gasteiger partial charge in [-0.15, -0.1) is 0 Å². The van der Waals surface area contributed by atoms with Crippen LogP contribution < -0.4 is 5.32 Å². The summed E-state index contributed by atoms with van der Waals surface area (Å²) in [6.45, 7) is 5.84. The highest BCUT2D eigenvalue weighted by Crippen LogP contribution is 2.23. The van der Waals surface area contributed by atoms with E-state index in [1.165, 1.54) is 44.2 Å². The Kier molecular flexibility index (Phi) is 6.06. The molecule has 0 bridgehead atoms. The van der Waals surface area contributed by atoms with Gasteiger partial charge in [0, 0.05) is 18.1 Å². The number of hydrogen-bond acceptors (Lipinski definition) is 2. The number of nitrogens with one attached hydrogen (secondary N) is 1. The molecule has 1 saturated heterocycles. The van der Waals surface area contributed by atoms with E-state index in [0.717, 1.165) is 0 Å². The molecule has 1 aromatic carbocycles. The van der Waals surface area contributed by atoms with Gasteiger partial charge in [-0.2, -0.15) is 0 Å². The van der Waals surface area contributed by atoms with E-state index in [1.807, 2.05) is 0 Å². The van der Waals surface area contributed by atoms with Crippen molar-refractivity contribution in [3.05, 3.63) is 35.9 Å². The van der Waals surface area contributed by atoms with Crippen LogP contribution >= 0.6 is 0 Å². The normalized spacial score (nSPS) is 25.6. The summed E-state index contributed by atoms with van der Waals surface area (Å²) in [6.07, 6.45) is 6.37. The van der Waals surface area contributed by atoms with Crippen LogP contribution in [0.3, 0.4) is 0 Å². The fourth-order valence-corrected chi connectivity index (χ4v) is 3.17. The first-order chi connectivity index (χ1) is 9.70. The van der Waals surface area contributed by atoms with E-state index in [-0.39, 0.29) is 0 Å². The van der Waals surface area contributed by atoms with E-state index in [9.17, 15) is 0 Å². The average molecular weight is 274 g/mol. The van der Waals surface area contributed by atoms with Crippen molar-refractivity contribution in [2.24, 2.45) is 0 Å². The number of hydrogen-bond donors (Lipinski definition) is 1. The number of unbranched alkanes of at least 4 members (excludes halogenated alkanes) is 1. The molecule has 1 N–H and O–H groups in total. The van der Waals surface area contributed by atoms with Gasteiger partial charge in [0.05, 0.1) is 0 Å². The molecule has 1 aromatic rings. The summed E-state index contributed by atoms with van der Waals surface area (Å²) in [6, 6.07) is 12.9. The number of likely N-dealkylation sites (tertiary alicyclic amines) is 1. The Morgan fingerprint density at radius 3 is 2.70 bits per heavy atom. The van der Waals surface area contributed by atoms with Crippen LogP contribution in [0.25, 0.3) is 0 Å². The lowest BCUT2D eigenvalue weighted by Gasteiger charge is -2.37. The Balaban J connectivity index is 1.97. The maximum Gasteiger partial charge on any atom is 0.0322 e. The molecule has 3 atom stereocenters. The molecule has 2 rings (SSSR count). The summed E-state index contributed by atoms with van der Waals surface area (Å²) in [4.78, 5) is 2.47. The first-order valence-electron chi connectivity index (χ1n) is 8.22. The summed E-state index contributed by atoms with van der Waals surface area (Å²) < 4.78 is 0. The van der Waals surface area contributed by atoms with Gasteiger partial charge in [-0.05, 0) is 45.3 Å². The van der Waals surface area contributed by atoms with Crippen molar-refractivity contribution in [3.8, 4) is 0 Å². The molecule has 20 heavy (non-hydrogen) atoms. The van der Waals surface area contributed by atoms with Crippen molar-refractivity contribution in [2.75, 3.05) is 13.6 Å². The van der Waals surface area contributed by atoms with E-state index in [2.05, 4.69) is 61.4 Å². The number of piperidine rings is 1. The minimum atomic E-state index is 0.525. The third-order valence-corrected chi connectivity index (χ3v) is 4.69. The SMILES string of the molecule is CCCCC(NC1CCN(C)C(C)C1)c1ccccc1. The van der Waals surface area contributed by atoms with Crippen LogP contribution in [-0.4, -0.2) is 30.6 Å². The lowest BCUT2D eigenvalue weighted by Crippen LogP contribution is -2.46. The fourth-order valence-electron chi connectivity index (χ4n) is 3.17. The van der Waals surface area contributed by atoms with Crippen LogP contribution in [-0.2, 0) is 0 Å². The molecule has 1 aliphatic rings. The van der Waals surface area contributed by atoms with Crippen molar-refractivity contribution < 1.29 is 0 Å². The molecule has 0 amide bonds. The first kappa shape index (κ1) is 15.5. The Morgan fingerprint density at radius 2 is 2.05 bits per heavy atom. The lowest BCUT2D eigenvalue weighted by molar-refractivity contribution is 0.161. The minimum Gasteiger partial charge on any atom is -0.307 e. The van der Waals surface area contributed by atoms with Gasteiger partial charge in [0.25, 0.3) is 0 Å².